The number of guanidine groups is 1. The van der Waals surface area contributed by atoms with Gasteiger partial charge < -0.3 is 15.6 Å². The molecule has 0 aliphatic rings. The van der Waals surface area contributed by atoms with E-state index in [1.165, 1.54) is 10.9 Å². The Morgan fingerprint density at radius 3 is 2.52 bits per heavy atom. The molecule has 168 valence electrons. The van der Waals surface area contributed by atoms with Gasteiger partial charge in [0.25, 0.3) is 0 Å². The number of aryl methyl sites for hydroxylation is 1. The van der Waals surface area contributed by atoms with Crippen LogP contribution in [0, 0.1) is 6.92 Å². The van der Waals surface area contributed by atoms with E-state index in [2.05, 4.69) is 37.5 Å². The lowest BCUT2D eigenvalue weighted by molar-refractivity contribution is 0.582. The Hall–Kier alpha value is -2.11. The molecule has 0 bridgehead atoms. The van der Waals surface area contributed by atoms with E-state index >= 15 is 0 Å². The first-order valence-electron chi connectivity index (χ1n) is 10.1. The molecule has 0 aliphatic carbocycles. The molecule has 31 heavy (non-hydrogen) atoms. The lowest BCUT2D eigenvalue weighted by Gasteiger charge is -2.11. The molecule has 0 saturated heterocycles. The third kappa shape index (κ3) is 7.22. The number of sulfonamides is 1. The van der Waals surface area contributed by atoms with Crippen molar-refractivity contribution in [3.05, 3.63) is 65.9 Å². The molecular weight excluding hydrogens is 525 g/mol. The molecule has 0 spiro atoms. The van der Waals surface area contributed by atoms with E-state index in [1.807, 2.05) is 32.2 Å². The van der Waals surface area contributed by atoms with Crippen LogP contribution in [0.1, 0.15) is 18.1 Å². The van der Waals surface area contributed by atoms with Crippen molar-refractivity contribution >= 4 is 50.9 Å². The van der Waals surface area contributed by atoms with Crippen LogP contribution in [0.2, 0.25) is 0 Å². The molecule has 9 heteroatoms. The van der Waals surface area contributed by atoms with E-state index in [1.54, 1.807) is 24.3 Å². The van der Waals surface area contributed by atoms with Gasteiger partial charge in [-0.15, -0.1) is 24.0 Å². The fraction of sp³-hybridized carbons (Fsp3) is 0.318. The quantitative estimate of drug-likeness (QED) is 0.141. The molecule has 0 aliphatic heterocycles. The summed E-state index contributed by atoms with van der Waals surface area (Å²) in [5.41, 5.74) is 3.40. The molecule has 3 rings (SSSR count). The first kappa shape index (κ1) is 25.2. The van der Waals surface area contributed by atoms with Gasteiger partial charge in [-0.1, -0.05) is 35.9 Å². The summed E-state index contributed by atoms with van der Waals surface area (Å²) >= 11 is 0. The maximum atomic E-state index is 12.3. The van der Waals surface area contributed by atoms with E-state index in [0.29, 0.717) is 12.5 Å². The van der Waals surface area contributed by atoms with Gasteiger partial charge in [-0.3, -0.25) is 4.99 Å². The summed E-state index contributed by atoms with van der Waals surface area (Å²) in [5, 5.41) is 7.72. The van der Waals surface area contributed by atoms with E-state index in [-0.39, 0.29) is 35.4 Å². The van der Waals surface area contributed by atoms with E-state index < -0.39 is 10.0 Å². The molecule has 1 aromatic heterocycles. The molecule has 0 radical (unpaired) electrons. The van der Waals surface area contributed by atoms with Gasteiger partial charge in [0.1, 0.15) is 0 Å². The molecule has 3 aromatic rings. The van der Waals surface area contributed by atoms with Crippen molar-refractivity contribution < 1.29 is 8.42 Å². The number of hydrogen-bond donors (Lipinski definition) is 4. The first-order chi connectivity index (χ1) is 14.5. The molecule has 1 heterocycles. The number of hydrogen-bond acceptors (Lipinski definition) is 3. The molecule has 0 atom stereocenters. The number of nitrogens with zero attached hydrogens (tertiary/aromatic N) is 1. The zero-order valence-corrected chi connectivity index (χ0v) is 21.0. The van der Waals surface area contributed by atoms with Gasteiger partial charge >= 0.3 is 0 Å². The molecule has 0 saturated carbocycles. The maximum absolute atomic E-state index is 12.3. The summed E-state index contributed by atoms with van der Waals surface area (Å²) in [6.45, 7) is 5.95. The fourth-order valence-corrected chi connectivity index (χ4v) is 4.17. The molecule has 4 N–H and O–H groups in total. The minimum absolute atomic E-state index is 0. The summed E-state index contributed by atoms with van der Waals surface area (Å²) < 4.78 is 27.3. The van der Waals surface area contributed by atoms with Crippen LogP contribution < -0.4 is 15.4 Å². The minimum atomic E-state index is -3.52. The number of fused-ring (bicyclic) bond motifs is 1. The third-order valence-corrected chi connectivity index (χ3v) is 6.19. The average molecular weight is 555 g/mol. The Balaban J connectivity index is 0.00000341. The summed E-state index contributed by atoms with van der Waals surface area (Å²) in [6, 6.07) is 15.0. The number of aliphatic imine (C=N–C) groups is 1. The lowest BCUT2D eigenvalue weighted by atomic mass is 10.1. The molecule has 0 fully saturated rings. The van der Waals surface area contributed by atoms with Crippen LogP contribution in [0.15, 0.2) is 64.6 Å². The van der Waals surface area contributed by atoms with Gasteiger partial charge in [-0.2, -0.15) is 0 Å². The second-order valence-electron chi connectivity index (χ2n) is 7.01. The number of benzene rings is 2. The van der Waals surface area contributed by atoms with Gasteiger partial charge in [0.05, 0.1) is 11.4 Å². The standard InChI is InChI=1S/C22H29N5O2S.HI/c1-3-23-22(24-13-12-18-16-26-21-7-5-4-6-20(18)21)25-14-15-27-30(28,29)19-10-8-17(2)9-11-19;/h4-11,16,26-27H,3,12-15H2,1-2H3,(H2,23,24,25);1H. The van der Waals surface area contributed by atoms with Crippen molar-refractivity contribution in [2.45, 2.75) is 25.2 Å². The van der Waals surface area contributed by atoms with Gasteiger partial charge in [0.2, 0.25) is 10.0 Å². The van der Waals surface area contributed by atoms with Crippen molar-refractivity contribution in [3.8, 4) is 0 Å². The minimum Gasteiger partial charge on any atom is -0.361 e. The summed E-state index contributed by atoms with van der Waals surface area (Å²) in [5.74, 6) is 0.673. The second kappa shape index (κ2) is 12.1. The number of para-hydroxylation sites is 1. The van der Waals surface area contributed by atoms with Crippen molar-refractivity contribution in [1.29, 1.82) is 0 Å². The van der Waals surface area contributed by atoms with Crippen LogP contribution in [0.5, 0.6) is 0 Å². The smallest absolute Gasteiger partial charge is 0.240 e. The van der Waals surface area contributed by atoms with E-state index in [0.717, 1.165) is 30.6 Å². The normalized spacial score (nSPS) is 11.9. The third-order valence-electron chi connectivity index (χ3n) is 4.71. The van der Waals surface area contributed by atoms with Crippen molar-refractivity contribution in [3.63, 3.8) is 0 Å². The number of rotatable bonds is 9. The maximum Gasteiger partial charge on any atom is 0.240 e. The molecular formula is C22H30IN5O2S. The summed E-state index contributed by atoms with van der Waals surface area (Å²) in [4.78, 5) is 8.01. The van der Waals surface area contributed by atoms with Gasteiger partial charge in [-0.05, 0) is 44.0 Å². The zero-order valence-electron chi connectivity index (χ0n) is 17.8. The highest BCUT2D eigenvalue weighted by atomic mass is 127. The number of nitrogens with one attached hydrogen (secondary N) is 4. The Kier molecular flexibility index (Phi) is 9.79. The lowest BCUT2D eigenvalue weighted by Crippen LogP contribution is -2.39. The fourth-order valence-electron chi connectivity index (χ4n) is 3.14. The SMILES string of the molecule is CCNC(=NCCNS(=O)(=O)c1ccc(C)cc1)NCCc1c[nH]c2ccccc12.I. The van der Waals surface area contributed by atoms with E-state index in [9.17, 15) is 8.42 Å². The van der Waals surface area contributed by atoms with E-state index in [4.69, 9.17) is 0 Å². The summed E-state index contributed by atoms with van der Waals surface area (Å²) in [7, 11) is -3.52. The highest BCUT2D eigenvalue weighted by Gasteiger charge is 2.12. The number of H-pyrrole nitrogens is 1. The molecule has 7 nitrogen and oxygen atoms in total. The topological polar surface area (TPSA) is 98.4 Å². The molecule has 0 unspecified atom stereocenters. The van der Waals surface area contributed by atoms with Gasteiger partial charge in [0, 0.05) is 36.7 Å². The van der Waals surface area contributed by atoms with Crippen LogP contribution in [0.25, 0.3) is 10.9 Å². The average Bonchev–Trinajstić information content (AvgIpc) is 3.15. The Bertz CT molecular complexity index is 1090. The number of aromatic nitrogens is 1. The summed E-state index contributed by atoms with van der Waals surface area (Å²) in [6.07, 6.45) is 2.89. The Morgan fingerprint density at radius 2 is 1.77 bits per heavy atom. The van der Waals surface area contributed by atoms with Crippen LogP contribution >= 0.6 is 24.0 Å². The van der Waals surface area contributed by atoms with Gasteiger partial charge in [-0.25, -0.2) is 13.1 Å². The van der Waals surface area contributed by atoms with Crippen molar-refractivity contribution in [2.24, 2.45) is 4.99 Å². The Labute approximate surface area is 201 Å². The highest BCUT2D eigenvalue weighted by Crippen LogP contribution is 2.17. The van der Waals surface area contributed by atoms with Gasteiger partial charge in [0.15, 0.2) is 5.96 Å². The van der Waals surface area contributed by atoms with Crippen LogP contribution in [0.3, 0.4) is 0 Å². The molecule has 2 aromatic carbocycles. The van der Waals surface area contributed by atoms with Crippen LogP contribution in [-0.4, -0.2) is 45.5 Å². The number of aromatic amines is 1. The zero-order chi connectivity index (χ0) is 21.4. The molecule has 0 amide bonds. The second-order valence-corrected chi connectivity index (χ2v) is 8.77. The largest absolute Gasteiger partial charge is 0.361 e. The predicted molar refractivity (Wildman–Crippen MR) is 138 cm³/mol. The van der Waals surface area contributed by atoms with Crippen LogP contribution in [-0.2, 0) is 16.4 Å². The highest BCUT2D eigenvalue weighted by molar-refractivity contribution is 14.0. The van der Waals surface area contributed by atoms with Crippen molar-refractivity contribution in [2.75, 3.05) is 26.2 Å². The number of halogens is 1. The predicted octanol–water partition coefficient (Wildman–Crippen LogP) is 3.17. The monoisotopic (exact) mass is 555 g/mol. The van der Waals surface area contributed by atoms with Crippen molar-refractivity contribution in [1.82, 2.24) is 20.3 Å². The Morgan fingerprint density at radius 1 is 1.03 bits per heavy atom. The van der Waals surface area contributed by atoms with Crippen LogP contribution in [0.4, 0.5) is 0 Å². The first-order valence-corrected chi connectivity index (χ1v) is 11.6.